The van der Waals surface area contributed by atoms with Crippen molar-refractivity contribution in [2.45, 2.75) is 39.8 Å². The van der Waals surface area contributed by atoms with E-state index < -0.39 is 30.1 Å². The molecule has 8 nitrogen and oxygen atoms in total. The lowest BCUT2D eigenvalue weighted by molar-refractivity contribution is -0.147. The Labute approximate surface area is 165 Å². The van der Waals surface area contributed by atoms with Crippen LogP contribution in [-0.2, 0) is 23.2 Å². The Morgan fingerprint density at radius 3 is 2.44 bits per heavy atom. The average molecular weight is 403 g/mol. The SMILES string of the molecule is C=CCOC(=O)/C=C/C(C)N(COSCC)C(=O)C(OC(=O)NC)C(C)C. The van der Waals surface area contributed by atoms with E-state index in [1.165, 1.54) is 42.2 Å². The van der Waals surface area contributed by atoms with Crippen molar-refractivity contribution in [1.29, 1.82) is 0 Å². The average Bonchev–Trinajstić information content (AvgIpc) is 2.64. The molecule has 0 aliphatic carbocycles. The maximum absolute atomic E-state index is 13.0. The number of rotatable bonds is 12. The van der Waals surface area contributed by atoms with E-state index >= 15 is 0 Å². The zero-order chi connectivity index (χ0) is 20.8. The van der Waals surface area contributed by atoms with Gasteiger partial charge in [-0.05, 0) is 24.9 Å². The van der Waals surface area contributed by atoms with Crippen molar-refractivity contribution in [2.75, 3.05) is 26.1 Å². The highest BCUT2D eigenvalue weighted by Gasteiger charge is 2.32. The van der Waals surface area contributed by atoms with Crippen LogP contribution in [0.4, 0.5) is 4.79 Å². The molecule has 1 N–H and O–H groups in total. The van der Waals surface area contributed by atoms with E-state index in [1.807, 2.05) is 6.92 Å². The molecule has 0 radical (unpaired) electrons. The van der Waals surface area contributed by atoms with Gasteiger partial charge in [0.05, 0.1) is 6.04 Å². The minimum atomic E-state index is -0.983. The summed E-state index contributed by atoms with van der Waals surface area (Å²) in [6.07, 6.45) is 2.56. The fourth-order valence-corrected chi connectivity index (χ4v) is 2.23. The molecule has 27 heavy (non-hydrogen) atoms. The lowest BCUT2D eigenvalue weighted by Crippen LogP contribution is -2.48. The van der Waals surface area contributed by atoms with Gasteiger partial charge in [-0.2, -0.15) is 0 Å². The van der Waals surface area contributed by atoms with Gasteiger partial charge in [0, 0.05) is 18.9 Å². The fraction of sp³-hybridized carbons (Fsp3) is 0.611. The first kappa shape index (κ1) is 25.0. The molecular formula is C18H30N2O6S. The molecule has 0 fully saturated rings. The first-order chi connectivity index (χ1) is 12.8. The second-order valence-corrected chi connectivity index (χ2v) is 6.85. The minimum absolute atomic E-state index is 0.0229. The van der Waals surface area contributed by atoms with Gasteiger partial charge in [0.1, 0.15) is 13.3 Å². The molecule has 2 unspecified atom stereocenters. The molecule has 0 heterocycles. The van der Waals surface area contributed by atoms with Gasteiger partial charge in [-0.3, -0.25) is 8.98 Å². The Morgan fingerprint density at radius 2 is 1.93 bits per heavy atom. The van der Waals surface area contributed by atoms with E-state index in [0.717, 1.165) is 0 Å². The Morgan fingerprint density at radius 1 is 1.26 bits per heavy atom. The number of esters is 1. The smallest absolute Gasteiger partial charge is 0.407 e. The van der Waals surface area contributed by atoms with Crippen LogP contribution in [0.25, 0.3) is 0 Å². The predicted octanol–water partition coefficient (Wildman–Crippen LogP) is 2.51. The third kappa shape index (κ3) is 10.0. The first-order valence-corrected chi connectivity index (χ1v) is 9.58. The molecule has 0 aromatic heterocycles. The number of hydrogen-bond donors (Lipinski definition) is 1. The monoisotopic (exact) mass is 402 g/mol. The summed E-state index contributed by atoms with van der Waals surface area (Å²) >= 11 is 1.20. The molecule has 0 aromatic carbocycles. The number of hydrogen-bond acceptors (Lipinski definition) is 7. The van der Waals surface area contributed by atoms with Crippen LogP contribution in [-0.4, -0.2) is 61.2 Å². The largest absolute Gasteiger partial charge is 0.458 e. The zero-order valence-corrected chi connectivity index (χ0v) is 17.4. The maximum Gasteiger partial charge on any atom is 0.407 e. The van der Waals surface area contributed by atoms with Gasteiger partial charge in [-0.25, -0.2) is 9.59 Å². The van der Waals surface area contributed by atoms with Gasteiger partial charge in [-0.1, -0.05) is 39.5 Å². The Hall–Kier alpha value is -2.00. The van der Waals surface area contributed by atoms with Crippen LogP contribution in [0, 0.1) is 5.92 Å². The summed E-state index contributed by atoms with van der Waals surface area (Å²) in [5.41, 5.74) is 0. The van der Waals surface area contributed by atoms with Crippen molar-refractivity contribution in [3.05, 3.63) is 24.8 Å². The van der Waals surface area contributed by atoms with Gasteiger partial charge in [0.15, 0.2) is 6.10 Å². The van der Waals surface area contributed by atoms with Gasteiger partial charge in [0.2, 0.25) is 0 Å². The zero-order valence-electron chi connectivity index (χ0n) is 16.6. The summed E-state index contributed by atoms with van der Waals surface area (Å²) in [5, 5.41) is 2.33. The van der Waals surface area contributed by atoms with Crippen molar-refractivity contribution in [3.63, 3.8) is 0 Å². The Kier molecular flexibility index (Phi) is 13.1. The molecule has 154 valence electrons. The summed E-state index contributed by atoms with van der Waals surface area (Å²) in [4.78, 5) is 37.5. The predicted molar refractivity (Wildman–Crippen MR) is 105 cm³/mol. The molecule has 0 aliphatic rings. The molecule has 0 spiro atoms. The highest BCUT2D eigenvalue weighted by molar-refractivity contribution is 7.94. The fourth-order valence-electron chi connectivity index (χ4n) is 1.88. The normalized spacial score (nSPS) is 13.1. The van der Waals surface area contributed by atoms with Gasteiger partial charge in [0.25, 0.3) is 5.91 Å². The van der Waals surface area contributed by atoms with E-state index in [-0.39, 0.29) is 19.3 Å². The molecule has 2 amide bonds. The number of amides is 2. The lowest BCUT2D eigenvalue weighted by atomic mass is 10.1. The number of alkyl carbamates (subject to hydrolysis) is 1. The third-order valence-corrected chi connectivity index (χ3v) is 3.82. The Balaban J connectivity index is 5.30. The van der Waals surface area contributed by atoms with Gasteiger partial charge < -0.3 is 19.7 Å². The summed E-state index contributed by atoms with van der Waals surface area (Å²) < 4.78 is 15.5. The molecule has 0 rings (SSSR count). The van der Waals surface area contributed by atoms with Crippen LogP contribution >= 0.6 is 12.0 Å². The number of carbonyl (C=O) groups excluding carboxylic acids is 3. The van der Waals surface area contributed by atoms with Crippen LogP contribution < -0.4 is 5.32 Å². The second-order valence-electron chi connectivity index (χ2n) is 5.80. The molecule has 9 heteroatoms. The molecule has 0 saturated heterocycles. The van der Waals surface area contributed by atoms with Gasteiger partial charge >= 0.3 is 12.1 Å². The molecule has 0 saturated carbocycles. The number of nitrogens with one attached hydrogen (secondary N) is 1. The van der Waals surface area contributed by atoms with E-state index in [1.54, 1.807) is 20.8 Å². The lowest BCUT2D eigenvalue weighted by Gasteiger charge is -2.31. The van der Waals surface area contributed by atoms with Crippen molar-refractivity contribution in [1.82, 2.24) is 10.2 Å². The van der Waals surface area contributed by atoms with E-state index in [0.29, 0.717) is 5.75 Å². The first-order valence-electron chi connectivity index (χ1n) is 8.67. The van der Waals surface area contributed by atoms with Gasteiger partial charge in [-0.15, -0.1) is 0 Å². The quantitative estimate of drug-likeness (QED) is 0.134. The molecule has 0 bridgehead atoms. The van der Waals surface area contributed by atoms with E-state index in [9.17, 15) is 14.4 Å². The van der Waals surface area contributed by atoms with Crippen LogP contribution in [0.15, 0.2) is 24.8 Å². The highest BCUT2D eigenvalue weighted by Crippen LogP contribution is 2.16. The third-order valence-electron chi connectivity index (χ3n) is 3.31. The number of nitrogens with zero attached hydrogens (tertiary/aromatic N) is 1. The van der Waals surface area contributed by atoms with Crippen molar-refractivity contribution < 1.29 is 28.0 Å². The van der Waals surface area contributed by atoms with E-state index in [4.69, 9.17) is 13.7 Å². The molecule has 0 aromatic rings. The van der Waals surface area contributed by atoms with E-state index in [2.05, 4.69) is 11.9 Å². The second kappa shape index (κ2) is 14.1. The minimum Gasteiger partial charge on any atom is -0.458 e. The standard InChI is InChI=1S/C18H30N2O6S/c1-7-11-24-15(21)10-9-14(5)20(12-25-27-8-2)17(22)16(13(3)4)26-18(23)19-6/h7,9-10,13-14,16H,1,8,11-12H2,2-6H3,(H,19,23)/b10-9+. The molecule has 2 atom stereocenters. The topological polar surface area (TPSA) is 94.2 Å². The Bertz CT molecular complexity index is 524. The number of carbonyl (C=O) groups is 3. The van der Waals surface area contributed by atoms with Crippen molar-refractivity contribution in [2.24, 2.45) is 5.92 Å². The maximum atomic E-state index is 13.0. The summed E-state index contributed by atoms with van der Waals surface area (Å²) in [7, 11) is 1.42. The van der Waals surface area contributed by atoms with Crippen LogP contribution in [0.3, 0.4) is 0 Å². The van der Waals surface area contributed by atoms with Crippen molar-refractivity contribution in [3.8, 4) is 0 Å². The number of ether oxygens (including phenoxy) is 2. The summed E-state index contributed by atoms with van der Waals surface area (Å²) in [5.74, 6) is -0.491. The summed E-state index contributed by atoms with van der Waals surface area (Å²) in [6.45, 7) is 10.7. The van der Waals surface area contributed by atoms with Crippen LogP contribution in [0.5, 0.6) is 0 Å². The van der Waals surface area contributed by atoms with Crippen LogP contribution in [0.1, 0.15) is 27.7 Å². The summed E-state index contributed by atoms with van der Waals surface area (Å²) in [6, 6.07) is -0.485. The van der Waals surface area contributed by atoms with Crippen molar-refractivity contribution >= 4 is 30.0 Å². The molecular weight excluding hydrogens is 372 g/mol. The molecule has 0 aliphatic heterocycles. The highest BCUT2D eigenvalue weighted by atomic mass is 32.2. The van der Waals surface area contributed by atoms with Crippen LogP contribution in [0.2, 0.25) is 0 Å².